The Kier molecular flexibility index (Phi) is 367. The molecule has 0 aliphatic carbocycles. The van der Waals surface area contributed by atoms with Crippen LogP contribution in [0.4, 0.5) is 0 Å². The molecule has 98 heavy (non-hydrogen) atoms. The van der Waals surface area contributed by atoms with Gasteiger partial charge in [0, 0.05) is 1150 Å². The van der Waals surface area contributed by atoms with Crippen molar-refractivity contribution in [2.24, 2.45) is 21.1 Å². The van der Waals surface area contributed by atoms with Crippen molar-refractivity contribution >= 4 is 64.6 Å². The van der Waals surface area contributed by atoms with E-state index in [1.54, 1.807) is 0 Å². The molecule has 451 valence electrons. The van der Waals surface area contributed by atoms with Crippen LogP contribution >= 0.6 is 0 Å². The number of rotatable bonds is 0. The van der Waals surface area contributed by atoms with Crippen LogP contribution in [0.15, 0.2) is 122 Å². The van der Waals surface area contributed by atoms with Crippen molar-refractivity contribution in [2.45, 2.75) is 118 Å². The topological polar surface area (TPSA) is 11.6 Å². The minimum Gasteiger partial charge on any atom is -0.358 e. The van der Waals surface area contributed by atoms with Crippen molar-refractivity contribution in [3.8, 4) is 0 Å². The first-order chi connectivity index (χ1) is 30.0. The summed E-state index contributed by atoms with van der Waals surface area (Å²) in [5.74, 6) is 0. The monoisotopic (exact) mass is 3810 g/mol. The first-order valence-electron chi connectivity index (χ1n) is 23.3. The van der Waals surface area contributed by atoms with Crippen molar-refractivity contribution in [1.82, 2.24) is 0 Å². The fraction of sp³-hybridized carbons (Fsp3) is 0.323. The molecule has 9 aromatic rings. The molecule has 0 unspecified atom stereocenters. The van der Waals surface area contributed by atoms with Crippen LogP contribution in [0, 0.1) is 70.7 Å². The molecule has 3 nitrogen and oxygen atoms in total. The van der Waals surface area contributed by atoms with Crippen molar-refractivity contribution < 1.29 is 1090 Å². The number of pyridine rings is 3. The molecule has 0 spiro atoms. The average Bonchev–Trinajstić information content (AvgIpc) is 3.33. The van der Waals surface area contributed by atoms with E-state index in [9.17, 15) is 0 Å². The Labute approximate surface area is 1430 Å². The molecule has 36 heteroatoms. The molecule has 3 aromatic heterocycles. The van der Waals surface area contributed by atoms with Gasteiger partial charge in [0.15, 0.2) is 35.7 Å². The van der Waals surface area contributed by atoms with Gasteiger partial charge in [0.2, 0.25) is 0 Å². The number of hydrogen-bond donors (Lipinski definition) is 0. The fourth-order valence-corrected chi connectivity index (χ4v) is 7.66. The summed E-state index contributed by atoms with van der Waals surface area (Å²) in [5.41, 5.74) is 9.44. The smallest absolute Gasteiger partial charge is 0.185 e. The Morgan fingerprint density at radius 3 is 0.745 bits per heavy atom. The quantitative estimate of drug-likeness (QED) is 0.0815. The van der Waals surface area contributed by atoms with E-state index < -0.39 is 0 Å². The van der Waals surface area contributed by atoms with E-state index in [2.05, 4.69) is 205 Å². The normalized spacial score (nSPS) is 6.29. The molecule has 0 aliphatic heterocycles. The summed E-state index contributed by atoms with van der Waals surface area (Å²) in [6, 6.07) is 37.5. The number of nitrogens with zero attached hydrogens (tertiary/aromatic N) is 3. The second kappa shape index (κ2) is 151. The SMILES string of the molecule is CC.CC.CC.CC.CC.Cc1c2ccc3ccccc3c2cc[n+]1C.Cc1ccc2c(ccc3c(C)[n+](C)ccc32)c1C.Cc1ccc2ccc3c(C)[n+](C)ccc3c2c1C.[CH3-].[CH3-].[CH3-].[Y].[Y].[Y].[Y].[Y].[Y].[Y].[Y].[Y].[Y].[Y].[Y].[Y].[Y].[Y].[Y].[Y].[Y].[Y].[Y].[Y].[Y].[Y].[Y].[Y].[Y].[Y].[Y].[Y].[Y].[Y].[Y].[Y]. The van der Waals surface area contributed by atoms with Crippen molar-refractivity contribution in [3.63, 3.8) is 0 Å². The molecule has 9 rings (SSSR count). The van der Waals surface area contributed by atoms with Crippen LogP contribution in [0.1, 0.15) is 109 Å². The maximum atomic E-state index is 2.26. The van der Waals surface area contributed by atoms with E-state index in [-0.39, 0.29) is 1100 Å². The van der Waals surface area contributed by atoms with E-state index >= 15 is 0 Å². The van der Waals surface area contributed by atoms with E-state index in [0.717, 1.165) is 0 Å². The number of hydrogen-bond acceptors (Lipinski definition) is 0. The largest absolute Gasteiger partial charge is 0.358 e. The number of aryl methyl sites for hydroxylation is 10. The Morgan fingerprint density at radius 1 is 0.194 bits per heavy atom. The number of fused-ring (bicyclic) bond motifs is 9. The van der Waals surface area contributed by atoms with Crippen LogP contribution in [-0.2, 0) is 1100 Å². The molecule has 3 heterocycles. The second-order valence-corrected chi connectivity index (χ2v) is 14.5. The van der Waals surface area contributed by atoms with Gasteiger partial charge in [-0.3, -0.25) is 0 Å². The number of benzene rings is 6. The molecule has 0 saturated carbocycles. The van der Waals surface area contributed by atoms with Crippen LogP contribution in [0.3, 0.4) is 0 Å². The molecule has 0 fully saturated rings. The van der Waals surface area contributed by atoms with Gasteiger partial charge in [0.1, 0.15) is 21.1 Å². The van der Waals surface area contributed by atoms with E-state index in [4.69, 9.17) is 0 Å². The summed E-state index contributed by atoms with van der Waals surface area (Å²) < 4.78 is 6.52. The van der Waals surface area contributed by atoms with Crippen LogP contribution in [-0.4, -0.2) is 0 Å². The van der Waals surface area contributed by atoms with Gasteiger partial charge in [-0.1, -0.05) is 136 Å². The third-order valence-corrected chi connectivity index (χ3v) is 11.7. The average molecular weight is 3810 g/mol. The molecule has 6 aromatic carbocycles. The molecule has 33 radical (unpaired) electrons. The summed E-state index contributed by atoms with van der Waals surface area (Å²) in [6.07, 6.45) is 6.43. The van der Waals surface area contributed by atoms with Crippen molar-refractivity contribution in [2.75, 3.05) is 0 Å². The first-order valence-corrected chi connectivity index (χ1v) is 23.3. The van der Waals surface area contributed by atoms with Gasteiger partial charge in [0.05, 0.1) is 0 Å². The molecule has 0 atom stereocenters. The van der Waals surface area contributed by atoms with Gasteiger partial charge in [-0.25, -0.2) is 13.7 Å². The van der Waals surface area contributed by atoms with Crippen molar-refractivity contribution in [1.29, 1.82) is 0 Å². The van der Waals surface area contributed by atoms with Gasteiger partial charge in [-0.15, -0.1) is 0 Å². The van der Waals surface area contributed by atoms with E-state index in [0.29, 0.717) is 0 Å². The Bertz CT molecular complexity index is 2870. The van der Waals surface area contributed by atoms with Gasteiger partial charge in [-0.2, -0.15) is 0 Å². The molecule has 0 bridgehead atoms. The van der Waals surface area contributed by atoms with Gasteiger partial charge < -0.3 is 22.3 Å². The zero-order chi connectivity index (χ0) is 46.8. The standard InChI is InChI=1S/2C17H18N.C15H14N.5C2H6.3CH3.33Y/c1-11-5-6-16-14(12(11)2)7-8-15-13(3)18(4)10-9-17(15)16;1-11-5-6-14-7-8-15-13(3)18(4)10-9-16(15)17(14)12(11)2;1-11-13-8-7-12-5-3-4-6-14(12)15(13)9-10-16(11)2;5*1-2;;;;;;;;;;;;;;;;;;;;;;;;;;;;;;;;;;;;/h2*5-10H,1-4H3;3-10H,1-2H3;5*1-2H3;3*1H3;;;;;;;;;;;;;;;;;;;;;;;;;;;;;;;;;/q3*+1;;;;;;3*-1;;;;;;;;;;;;;;;;;;;;;;;;;;;;;;;;;. The third-order valence-electron chi connectivity index (χ3n) is 11.7. The number of aromatic nitrogens is 3. The predicted octanol–water partition coefficient (Wildman–Crippen LogP) is 17.0. The first kappa shape index (κ1) is 239. The van der Waals surface area contributed by atoms with Crippen molar-refractivity contribution in [3.05, 3.63) is 183 Å². The zero-order valence-corrected chi connectivity index (χ0v) is 158. The summed E-state index contributed by atoms with van der Waals surface area (Å²) in [7, 11) is 6.28. The molecule has 0 amide bonds. The van der Waals surface area contributed by atoms with E-state index in [1.165, 1.54) is 104 Å². The minimum absolute atomic E-state index is 0. The molecular formula is C62H89N3Y33. The summed E-state index contributed by atoms with van der Waals surface area (Å²) in [6.45, 7) is 35.3. The third kappa shape index (κ3) is 84.8. The molecule has 0 saturated heterocycles. The Balaban J connectivity index is -0.0000000147. The summed E-state index contributed by atoms with van der Waals surface area (Å²) in [4.78, 5) is 0. The predicted molar refractivity (Wildman–Crippen MR) is 297 cm³/mol. The maximum Gasteiger partial charge on any atom is 0.185 e. The van der Waals surface area contributed by atoms with Gasteiger partial charge >= 0.3 is 0 Å². The fourth-order valence-electron chi connectivity index (χ4n) is 7.66. The van der Waals surface area contributed by atoms with Gasteiger partial charge in [0.25, 0.3) is 0 Å². The summed E-state index contributed by atoms with van der Waals surface area (Å²) in [5, 5.41) is 16.2. The molecular weight excluding hydrogens is 3720 g/mol. The summed E-state index contributed by atoms with van der Waals surface area (Å²) >= 11 is 0. The Hall–Kier alpha value is 30.8. The van der Waals surface area contributed by atoms with Gasteiger partial charge in [-0.05, 0) is 100 Å². The van der Waals surface area contributed by atoms with Crippen LogP contribution < -0.4 is 13.7 Å². The van der Waals surface area contributed by atoms with Crippen LogP contribution in [0.5, 0.6) is 0 Å². The zero-order valence-electron chi connectivity index (χ0n) is 64.4. The maximum absolute atomic E-state index is 2.26. The molecule has 0 N–H and O–H groups in total. The second-order valence-electron chi connectivity index (χ2n) is 14.5. The molecule has 0 aliphatic rings. The van der Waals surface area contributed by atoms with Crippen LogP contribution in [0.25, 0.3) is 64.6 Å². The Morgan fingerprint density at radius 2 is 0.408 bits per heavy atom. The van der Waals surface area contributed by atoms with Crippen LogP contribution in [0.2, 0.25) is 0 Å². The minimum atomic E-state index is 0. The van der Waals surface area contributed by atoms with E-state index in [1.807, 2.05) is 69.2 Å².